The Morgan fingerprint density at radius 2 is 1.15 bits per heavy atom. The third-order valence-corrected chi connectivity index (χ3v) is 3.35. The van der Waals surface area contributed by atoms with Crippen LogP contribution in [0.15, 0.2) is 60.7 Å². The summed E-state index contributed by atoms with van der Waals surface area (Å²) in [5.41, 5.74) is 1.56. The molecule has 2 aromatic rings. The fourth-order valence-electron chi connectivity index (χ4n) is 1.49. The standard InChI is InChI=1S/C14H15O4P.Ni/c15-19(16,17-11-13-7-3-1-4-8-13)18-12-14-9-5-2-6-10-14;/h1-10H,11-12H2,(H,15,16);/q;+2/p-1. The fraction of sp³-hybridized carbons (Fsp3) is 0.143. The monoisotopic (exact) mass is 335 g/mol. The van der Waals surface area contributed by atoms with Crippen molar-refractivity contribution in [2.45, 2.75) is 13.2 Å². The smallest absolute Gasteiger partial charge is 0.756 e. The van der Waals surface area contributed by atoms with Crippen LogP contribution in [0.1, 0.15) is 11.1 Å². The van der Waals surface area contributed by atoms with Gasteiger partial charge in [0.2, 0.25) is 0 Å². The van der Waals surface area contributed by atoms with Gasteiger partial charge in [-0.1, -0.05) is 60.7 Å². The molecule has 0 saturated carbocycles. The van der Waals surface area contributed by atoms with Crippen LogP contribution in [-0.4, -0.2) is 0 Å². The summed E-state index contributed by atoms with van der Waals surface area (Å²) in [7, 11) is -4.27. The Labute approximate surface area is 128 Å². The van der Waals surface area contributed by atoms with Gasteiger partial charge in [0.05, 0.1) is 13.2 Å². The molecule has 108 valence electrons. The number of phosphoric acid groups is 1. The van der Waals surface area contributed by atoms with Gasteiger partial charge in [-0.05, 0) is 11.1 Å². The quantitative estimate of drug-likeness (QED) is 0.601. The SMILES string of the molecule is O=P([O-])(OCc1ccccc1)OCc1ccccc1.[Ni+2]. The van der Waals surface area contributed by atoms with Crippen molar-refractivity contribution in [3.05, 3.63) is 71.8 Å². The molecule has 0 atom stereocenters. The van der Waals surface area contributed by atoms with Crippen LogP contribution in [0.4, 0.5) is 0 Å². The summed E-state index contributed by atoms with van der Waals surface area (Å²) < 4.78 is 21.2. The molecule has 6 heteroatoms. The predicted octanol–water partition coefficient (Wildman–Crippen LogP) is 2.89. The molecule has 0 unspecified atom stereocenters. The minimum absolute atomic E-state index is 0. The Morgan fingerprint density at radius 1 is 0.800 bits per heavy atom. The Kier molecular flexibility index (Phi) is 7.14. The Hall–Kier alpha value is -0.956. The van der Waals surface area contributed by atoms with Gasteiger partial charge in [0.25, 0.3) is 7.82 Å². The summed E-state index contributed by atoms with van der Waals surface area (Å²) in [6.45, 7) is -0.0349. The Balaban J connectivity index is 0.00000200. The van der Waals surface area contributed by atoms with E-state index >= 15 is 0 Å². The van der Waals surface area contributed by atoms with Crippen LogP contribution in [0.5, 0.6) is 0 Å². The summed E-state index contributed by atoms with van der Waals surface area (Å²) in [5, 5.41) is 0. The molecule has 0 aliphatic rings. The number of hydrogen-bond acceptors (Lipinski definition) is 4. The molecule has 0 aliphatic carbocycles. The second kappa shape index (κ2) is 8.36. The molecule has 4 nitrogen and oxygen atoms in total. The van der Waals surface area contributed by atoms with Crippen molar-refractivity contribution in [2.24, 2.45) is 0 Å². The third-order valence-electron chi connectivity index (χ3n) is 2.46. The van der Waals surface area contributed by atoms with E-state index in [-0.39, 0.29) is 29.7 Å². The van der Waals surface area contributed by atoms with E-state index in [1.807, 2.05) is 36.4 Å². The molecule has 0 aliphatic heterocycles. The van der Waals surface area contributed by atoms with Crippen LogP contribution in [-0.2, 0) is 43.3 Å². The van der Waals surface area contributed by atoms with Gasteiger partial charge in [0.15, 0.2) is 0 Å². The van der Waals surface area contributed by atoms with Crippen LogP contribution in [0.2, 0.25) is 0 Å². The van der Waals surface area contributed by atoms with E-state index in [4.69, 9.17) is 9.05 Å². The molecular weight excluding hydrogens is 322 g/mol. The van der Waals surface area contributed by atoms with Crippen molar-refractivity contribution in [1.82, 2.24) is 0 Å². The zero-order chi connectivity index (χ0) is 13.6. The molecule has 20 heavy (non-hydrogen) atoms. The van der Waals surface area contributed by atoms with Gasteiger partial charge < -0.3 is 13.9 Å². The third kappa shape index (κ3) is 6.00. The van der Waals surface area contributed by atoms with Crippen LogP contribution in [0, 0.1) is 0 Å². The molecule has 0 heterocycles. The molecule has 0 saturated heterocycles. The normalized spacial score (nSPS) is 10.8. The number of benzene rings is 2. The minimum atomic E-state index is -4.27. The first kappa shape index (κ1) is 17.1. The van der Waals surface area contributed by atoms with Crippen molar-refractivity contribution in [3.8, 4) is 0 Å². The maximum absolute atomic E-state index is 11.6. The zero-order valence-electron chi connectivity index (χ0n) is 10.6. The first-order valence-corrected chi connectivity index (χ1v) is 7.30. The van der Waals surface area contributed by atoms with E-state index < -0.39 is 7.82 Å². The largest absolute Gasteiger partial charge is 2.00 e. The molecule has 0 fully saturated rings. The van der Waals surface area contributed by atoms with Gasteiger partial charge in [-0.25, -0.2) is 0 Å². The van der Waals surface area contributed by atoms with Crippen molar-refractivity contribution >= 4 is 7.82 Å². The zero-order valence-corrected chi connectivity index (χ0v) is 12.5. The van der Waals surface area contributed by atoms with Gasteiger partial charge in [0.1, 0.15) is 0 Å². The molecule has 2 aromatic carbocycles. The number of hydrogen-bond donors (Lipinski definition) is 0. The predicted molar refractivity (Wildman–Crippen MR) is 70.1 cm³/mol. The maximum Gasteiger partial charge on any atom is 2.00 e. The van der Waals surface area contributed by atoms with Gasteiger partial charge in [-0.15, -0.1) is 0 Å². The first-order chi connectivity index (χ1) is 9.16. The van der Waals surface area contributed by atoms with Gasteiger partial charge >= 0.3 is 16.5 Å². The number of phosphoric ester groups is 1. The number of rotatable bonds is 6. The molecule has 0 spiro atoms. The Morgan fingerprint density at radius 3 is 1.50 bits per heavy atom. The van der Waals surface area contributed by atoms with Crippen LogP contribution < -0.4 is 4.89 Å². The average molecular weight is 336 g/mol. The summed E-state index contributed by atoms with van der Waals surface area (Å²) in [6.07, 6.45) is 0. The average Bonchev–Trinajstić information content (AvgIpc) is 2.46. The van der Waals surface area contributed by atoms with Crippen LogP contribution >= 0.6 is 7.82 Å². The van der Waals surface area contributed by atoms with E-state index in [9.17, 15) is 9.46 Å². The fourth-order valence-corrected chi connectivity index (χ4v) is 2.18. The molecule has 0 aromatic heterocycles. The van der Waals surface area contributed by atoms with Gasteiger partial charge in [-0.3, -0.25) is 4.57 Å². The maximum atomic E-state index is 11.6. The van der Waals surface area contributed by atoms with Crippen LogP contribution in [0.25, 0.3) is 0 Å². The van der Waals surface area contributed by atoms with E-state index in [1.165, 1.54) is 0 Å². The molecule has 0 N–H and O–H groups in total. The van der Waals surface area contributed by atoms with Crippen molar-refractivity contribution in [2.75, 3.05) is 0 Å². The van der Waals surface area contributed by atoms with Crippen molar-refractivity contribution in [1.29, 1.82) is 0 Å². The molecule has 0 radical (unpaired) electrons. The summed E-state index contributed by atoms with van der Waals surface area (Å²) >= 11 is 0. The van der Waals surface area contributed by atoms with Gasteiger partial charge in [-0.2, -0.15) is 0 Å². The van der Waals surface area contributed by atoms with E-state index in [1.54, 1.807) is 24.3 Å². The van der Waals surface area contributed by atoms with E-state index in [0.29, 0.717) is 0 Å². The summed E-state index contributed by atoms with van der Waals surface area (Å²) in [4.78, 5) is 11.6. The Bertz CT molecular complexity index is 500. The van der Waals surface area contributed by atoms with Crippen LogP contribution in [0.3, 0.4) is 0 Å². The second-order valence-electron chi connectivity index (χ2n) is 3.97. The topological polar surface area (TPSA) is 58.6 Å². The molecule has 0 bridgehead atoms. The summed E-state index contributed by atoms with van der Waals surface area (Å²) in [5.74, 6) is 0. The minimum Gasteiger partial charge on any atom is -0.756 e. The van der Waals surface area contributed by atoms with Gasteiger partial charge in [0, 0.05) is 0 Å². The first-order valence-electron chi connectivity index (χ1n) is 5.84. The summed E-state index contributed by atoms with van der Waals surface area (Å²) in [6, 6.07) is 18.1. The molecule has 0 amide bonds. The molecular formula is C14H14NiO4P+. The van der Waals surface area contributed by atoms with E-state index in [0.717, 1.165) is 11.1 Å². The second-order valence-corrected chi connectivity index (χ2v) is 5.38. The van der Waals surface area contributed by atoms with Crippen molar-refractivity contribution in [3.63, 3.8) is 0 Å². The molecule has 2 rings (SSSR count). The van der Waals surface area contributed by atoms with E-state index in [2.05, 4.69) is 0 Å². The van der Waals surface area contributed by atoms with Crippen molar-refractivity contribution < 1.29 is 35.0 Å².